The Morgan fingerprint density at radius 1 is 1.22 bits per heavy atom. The molecule has 1 aliphatic rings. The van der Waals surface area contributed by atoms with Gasteiger partial charge in [-0.15, -0.1) is 0 Å². The van der Waals surface area contributed by atoms with E-state index in [0.29, 0.717) is 28.7 Å². The van der Waals surface area contributed by atoms with Crippen molar-refractivity contribution in [2.24, 2.45) is 4.99 Å². The van der Waals surface area contributed by atoms with E-state index in [9.17, 15) is 9.18 Å². The van der Waals surface area contributed by atoms with Crippen molar-refractivity contribution in [2.45, 2.75) is 6.54 Å². The molecule has 8 heteroatoms. The number of rotatable bonds is 4. The van der Waals surface area contributed by atoms with Crippen molar-refractivity contribution in [2.75, 3.05) is 6.67 Å². The van der Waals surface area contributed by atoms with Gasteiger partial charge in [0.1, 0.15) is 18.3 Å². The Morgan fingerprint density at radius 3 is 2.85 bits per heavy atom. The van der Waals surface area contributed by atoms with Gasteiger partial charge in [0.15, 0.2) is 0 Å². The maximum Gasteiger partial charge on any atom is 0.266 e. The van der Waals surface area contributed by atoms with Crippen LogP contribution in [0.5, 0.6) is 0 Å². The summed E-state index contributed by atoms with van der Waals surface area (Å²) in [7, 11) is 0. The Kier molecular flexibility index (Phi) is 4.70. The number of hydrogen-bond donors (Lipinski definition) is 1. The predicted molar refractivity (Wildman–Crippen MR) is 103 cm³/mol. The third-order valence-electron chi connectivity index (χ3n) is 4.12. The van der Waals surface area contributed by atoms with E-state index >= 15 is 0 Å². The second kappa shape index (κ2) is 7.30. The minimum Gasteiger partial charge on any atom is -0.294 e. The Labute approximate surface area is 159 Å². The van der Waals surface area contributed by atoms with Gasteiger partial charge in [-0.2, -0.15) is 0 Å². The highest BCUT2D eigenvalue weighted by Gasteiger charge is 2.16. The lowest BCUT2D eigenvalue weighted by Gasteiger charge is -2.22. The number of halogens is 2. The molecule has 0 atom stereocenters. The van der Waals surface area contributed by atoms with Crippen LogP contribution in [0.25, 0.3) is 16.6 Å². The molecule has 0 spiro atoms. The van der Waals surface area contributed by atoms with E-state index in [1.807, 2.05) is 6.20 Å². The largest absolute Gasteiger partial charge is 0.294 e. The second-order valence-electron chi connectivity index (χ2n) is 5.90. The van der Waals surface area contributed by atoms with Crippen LogP contribution in [0.1, 0.15) is 5.82 Å². The zero-order valence-electron chi connectivity index (χ0n) is 14.1. The first-order chi connectivity index (χ1) is 13.1. The number of para-hydroxylation sites is 1. The SMILES string of the molecule is O=c1c2cc(F)ccc2nc(CNN2C=CC=NC2)n1-c1ccccc1Cl. The fourth-order valence-electron chi connectivity index (χ4n) is 2.86. The van der Waals surface area contributed by atoms with Crippen LogP contribution in [-0.2, 0) is 6.54 Å². The summed E-state index contributed by atoms with van der Waals surface area (Å²) in [5.74, 6) is -0.0375. The summed E-state index contributed by atoms with van der Waals surface area (Å²) in [4.78, 5) is 21.8. The van der Waals surface area contributed by atoms with Crippen LogP contribution < -0.4 is 11.0 Å². The number of benzene rings is 2. The summed E-state index contributed by atoms with van der Waals surface area (Å²) < 4.78 is 15.1. The number of aromatic nitrogens is 2. The van der Waals surface area contributed by atoms with E-state index < -0.39 is 5.82 Å². The topological polar surface area (TPSA) is 62.5 Å². The highest BCUT2D eigenvalue weighted by Crippen LogP contribution is 2.21. The molecule has 1 N–H and O–H groups in total. The summed E-state index contributed by atoms with van der Waals surface area (Å²) in [6.45, 7) is 0.708. The van der Waals surface area contributed by atoms with Crippen LogP contribution in [0, 0.1) is 5.82 Å². The molecule has 6 nitrogen and oxygen atoms in total. The smallest absolute Gasteiger partial charge is 0.266 e. The molecular formula is C19H15ClFN5O. The van der Waals surface area contributed by atoms with Gasteiger partial charge < -0.3 is 0 Å². The van der Waals surface area contributed by atoms with E-state index in [-0.39, 0.29) is 17.5 Å². The lowest BCUT2D eigenvalue weighted by molar-refractivity contribution is 0.268. The number of hydrazine groups is 1. The molecule has 1 aromatic heterocycles. The number of fused-ring (bicyclic) bond motifs is 1. The third-order valence-corrected chi connectivity index (χ3v) is 4.44. The second-order valence-corrected chi connectivity index (χ2v) is 6.31. The molecule has 0 aliphatic carbocycles. The number of nitrogens with zero attached hydrogens (tertiary/aromatic N) is 4. The molecule has 0 saturated heterocycles. The third kappa shape index (κ3) is 3.47. The number of allylic oxidation sites excluding steroid dienone is 1. The normalized spacial score (nSPS) is 13.5. The van der Waals surface area contributed by atoms with Crippen LogP contribution >= 0.6 is 11.6 Å². The summed E-state index contributed by atoms with van der Waals surface area (Å²) >= 11 is 6.31. The van der Waals surface area contributed by atoms with Gasteiger partial charge in [-0.1, -0.05) is 23.7 Å². The number of aliphatic imine (C=N–C) groups is 1. The Bertz CT molecular complexity index is 1120. The molecule has 136 valence electrons. The predicted octanol–water partition coefficient (Wildman–Crippen LogP) is 3.04. The van der Waals surface area contributed by atoms with Crippen LogP contribution in [0.2, 0.25) is 5.02 Å². The molecule has 0 bridgehead atoms. The molecule has 0 radical (unpaired) electrons. The van der Waals surface area contributed by atoms with Gasteiger partial charge in [0, 0.05) is 12.4 Å². The lowest BCUT2D eigenvalue weighted by atomic mass is 10.2. The van der Waals surface area contributed by atoms with Gasteiger partial charge in [-0.25, -0.2) is 14.8 Å². The minimum absolute atomic E-state index is 0.195. The first-order valence-corrected chi connectivity index (χ1v) is 8.64. The van der Waals surface area contributed by atoms with Gasteiger partial charge in [0.25, 0.3) is 5.56 Å². The molecule has 1 aliphatic heterocycles. The summed E-state index contributed by atoms with van der Waals surface area (Å²) in [6, 6.07) is 11.0. The van der Waals surface area contributed by atoms with Gasteiger partial charge in [-0.05, 0) is 36.4 Å². The van der Waals surface area contributed by atoms with E-state index in [0.717, 1.165) is 0 Å². The van der Waals surface area contributed by atoms with Gasteiger partial charge in [0.05, 0.1) is 28.2 Å². The van der Waals surface area contributed by atoms with Gasteiger partial charge in [-0.3, -0.25) is 19.4 Å². The van der Waals surface area contributed by atoms with Crippen molar-refractivity contribution in [3.63, 3.8) is 0 Å². The molecule has 2 heterocycles. The first kappa shape index (κ1) is 17.4. The Balaban J connectivity index is 1.85. The molecule has 2 aromatic carbocycles. The van der Waals surface area contributed by atoms with Crippen molar-refractivity contribution >= 4 is 28.7 Å². The molecule has 0 saturated carbocycles. The molecule has 0 fully saturated rings. The van der Waals surface area contributed by atoms with Crippen molar-refractivity contribution in [3.05, 3.63) is 81.8 Å². The quantitative estimate of drug-likeness (QED) is 0.752. The van der Waals surface area contributed by atoms with Crippen LogP contribution in [0.15, 0.2) is 64.5 Å². The molecule has 3 aromatic rings. The fourth-order valence-corrected chi connectivity index (χ4v) is 3.08. The maximum absolute atomic E-state index is 13.7. The fraction of sp³-hybridized carbons (Fsp3) is 0.105. The van der Waals surface area contributed by atoms with Crippen molar-refractivity contribution in [1.29, 1.82) is 0 Å². The van der Waals surface area contributed by atoms with Crippen molar-refractivity contribution < 1.29 is 4.39 Å². The van der Waals surface area contributed by atoms with E-state index in [2.05, 4.69) is 15.4 Å². The molecule has 0 amide bonds. The Hall–Kier alpha value is -3.03. The van der Waals surface area contributed by atoms with Crippen LogP contribution in [-0.4, -0.2) is 27.4 Å². The zero-order chi connectivity index (χ0) is 18.8. The molecule has 27 heavy (non-hydrogen) atoms. The Morgan fingerprint density at radius 2 is 2.07 bits per heavy atom. The minimum atomic E-state index is -0.491. The van der Waals surface area contributed by atoms with E-state index in [1.54, 1.807) is 41.6 Å². The van der Waals surface area contributed by atoms with E-state index in [4.69, 9.17) is 11.6 Å². The zero-order valence-corrected chi connectivity index (χ0v) is 14.9. The highest BCUT2D eigenvalue weighted by atomic mass is 35.5. The first-order valence-electron chi connectivity index (χ1n) is 8.26. The molecule has 0 unspecified atom stereocenters. The average molecular weight is 384 g/mol. The molecular weight excluding hydrogens is 369 g/mol. The van der Waals surface area contributed by atoms with Crippen molar-refractivity contribution in [1.82, 2.24) is 20.0 Å². The summed E-state index contributed by atoms with van der Waals surface area (Å²) in [5.41, 5.74) is 3.70. The van der Waals surface area contributed by atoms with Crippen molar-refractivity contribution in [3.8, 4) is 5.69 Å². The highest BCUT2D eigenvalue weighted by molar-refractivity contribution is 6.32. The van der Waals surface area contributed by atoms with E-state index in [1.165, 1.54) is 22.8 Å². The van der Waals surface area contributed by atoms with Gasteiger partial charge >= 0.3 is 0 Å². The molecule has 4 rings (SSSR count). The monoisotopic (exact) mass is 383 g/mol. The standard InChI is InChI=1S/C19H15ClFN5O/c20-15-4-1-2-5-17(15)26-18(11-23-25-9-3-8-22-12-25)24-16-7-6-13(21)10-14(16)19(26)27/h1-10,23H,11-12H2. The summed E-state index contributed by atoms with van der Waals surface area (Å²) in [6.07, 6.45) is 5.34. The summed E-state index contributed by atoms with van der Waals surface area (Å²) in [5, 5.41) is 2.37. The average Bonchev–Trinajstić information content (AvgIpc) is 2.69. The van der Waals surface area contributed by atoms with Crippen LogP contribution in [0.3, 0.4) is 0 Å². The number of nitrogens with one attached hydrogen (secondary N) is 1. The van der Waals surface area contributed by atoms with Gasteiger partial charge in [0.2, 0.25) is 0 Å². The lowest BCUT2D eigenvalue weighted by Crippen LogP contribution is -2.36. The number of hydrogen-bond acceptors (Lipinski definition) is 5. The van der Waals surface area contributed by atoms with Crippen LogP contribution in [0.4, 0.5) is 4.39 Å². The maximum atomic E-state index is 13.7.